The molecule has 0 bridgehead atoms. The van der Waals surface area contributed by atoms with Gasteiger partial charge in [-0.25, -0.2) is 0 Å². The second-order valence-electron chi connectivity index (χ2n) is 5.24. The number of rotatable bonds is 7. The van der Waals surface area contributed by atoms with E-state index in [4.69, 9.17) is 9.26 Å². The molecular weight excluding hydrogens is 252 g/mol. The van der Waals surface area contributed by atoms with E-state index in [-0.39, 0.29) is 0 Å². The van der Waals surface area contributed by atoms with E-state index in [0.29, 0.717) is 11.8 Å². The van der Waals surface area contributed by atoms with Crippen molar-refractivity contribution in [1.29, 1.82) is 0 Å². The summed E-state index contributed by atoms with van der Waals surface area (Å²) in [4.78, 5) is 4.24. The van der Waals surface area contributed by atoms with Gasteiger partial charge in [-0.05, 0) is 36.5 Å². The molecule has 2 rings (SSSR count). The summed E-state index contributed by atoms with van der Waals surface area (Å²) in [5.74, 6) is 2.84. The van der Waals surface area contributed by atoms with Gasteiger partial charge in [0.1, 0.15) is 5.75 Å². The molecule has 0 N–H and O–H groups in total. The predicted octanol–water partition coefficient (Wildman–Crippen LogP) is 3.59. The highest BCUT2D eigenvalue weighted by atomic mass is 16.5. The summed E-state index contributed by atoms with van der Waals surface area (Å²) in [7, 11) is 0. The van der Waals surface area contributed by atoms with E-state index in [9.17, 15) is 0 Å². The van der Waals surface area contributed by atoms with E-state index in [1.807, 2.05) is 19.1 Å². The number of aryl methyl sites for hydroxylation is 1. The summed E-state index contributed by atoms with van der Waals surface area (Å²) in [5, 5.41) is 3.94. The minimum absolute atomic E-state index is 0.481. The van der Waals surface area contributed by atoms with Gasteiger partial charge < -0.3 is 9.26 Å². The fraction of sp³-hybridized carbons (Fsp3) is 0.500. The normalized spacial score (nSPS) is 12.3. The number of ether oxygens (including phenoxy) is 1. The molecular formula is C16H22N2O2. The molecule has 108 valence electrons. The van der Waals surface area contributed by atoms with Crippen LogP contribution in [0, 0.1) is 12.8 Å². The van der Waals surface area contributed by atoms with Gasteiger partial charge in [0.15, 0.2) is 5.82 Å². The number of hydrogen-bond acceptors (Lipinski definition) is 4. The van der Waals surface area contributed by atoms with Crippen molar-refractivity contribution in [3.8, 4) is 5.75 Å². The average Bonchev–Trinajstić information content (AvgIpc) is 2.83. The summed E-state index contributed by atoms with van der Waals surface area (Å²) >= 11 is 0. The van der Waals surface area contributed by atoms with Gasteiger partial charge in [-0.3, -0.25) is 0 Å². The van der Waals surface area contributed by atoms with Crippen molar-refractivity contribution in [2.75, 3.05) is 6.61 Å². The van der Waals surface area contributed by atoms with E-state index in [1.165, 1.54) is 5.56 Å². The van der Waals surface area contributed by atoms with Crippen LogP contribution in [0.4, 0.5) is 0 Å². The SMILES string of the molecule is CCCOc1ccc(CC(C)Cc2noc(C)n2)cc1. The fourth-order valence-electron chi connectivity index (χ4n) is 2.15. The highest BCUT2D eigenvalue weighted by molar-refractivity contribution is 5.27. The smallest absolute Gasteiger partial charge is 0.223 e. The van der Waals surface area contributed by atoms with Crippen molar-refractivity contribution in [3.05, 3.63) is 41.5 Å². The molecule has 0 spiro atoms. The Morgan fingerprint density at radius 1 is 1.20 bits per heavy atom. The molecule has 20 heavy (non-hydrogen) atoms. The van der Waals surface area contributed by atoms with Gasteiger partial charge in [-0.2, -0.15) is 4.98 Å². The first-order valence-corrected chi connectivity index (χ1v) is 7.18. The lowest BCUT2D eigenvalue weighted by Crippen LogP contribution is -2.05. The Bertz CT molecular complexity index is 520. The lowest BCUT2D eigenvalue weighted by molar-refractivity contribution is 0.317. The second-order valence-corrected chi connectivity index (χ2v) is 5.24. The highest BCUT2D eigenvalue weighted by Crippen LogP contribution is 2.17. The average molecular weight is 274 g/mol. The van der Waals surface area contributed by atoms with Gasteiger partial charge in [0.25, 0.3) is 0 Å². The monoisotopic (exact) mass is 274 g/mol. The molecule has 0 aliphatic carbocycles. The number of hydrogen-bond donors (Lipinski definition) is 0. The van der Waals surface area contributed by atoms with Crippen LogP contribution >= 0.6 is 0 Å². The van der Waals surface area contributed by atoms with E-state index in [1.54, 1.807) is 0 Å². The quantitative estimate of drug-likeness (QED) is 0.774. The summed E-state index contributed by atoms with van der Waals surface area (Å²) in [6.45, 7) is 6.89. The van der Waals surface area contributed by atoms with Crippen LogP contribution in [-0.4, -0.2) is 16.7 Å². The summed E-state index contributed by atoms with van der Waals surface area (Å²) < 4.78 is 10.6. The van der Waals surface area contributed by atoms with Gasteiger partial charge in [0.2, 0.25) is 5.89 Å². The lowest BCUT2D eigenvalue weighted by Gasteiger charge is -2.10. The van der Waals surface area contributed by atoms with Crippen LogP contribution in [0.2, 0.25) is 0 Å². The zero-order chi connectivity index (χ0) is 14.4. The topological polar surface area (TPSA) is 48.2 Å². The minimum atomic E-state index is 0.481. The molecule has 4 heteroatoms. The second kappa shape index (κ2) is 7.08. The molecule has 0 saturated carbocycles. The van der Waals surface area contributed by atoms with Crippen LogP contribution in [0.3, 0.4) is 0 Å². The maximum atomic E-state index is 5.58. The zero-order valence-electron chi connectivity index (χ0n) is 12.4. The maximum absolute atomic E-state index is 5.58. The van der Waals surface area contributed by atoms with Crippen molar-refractivity contribution in [1.82, 2.24) is 10.1 Å². The highest BCUT2D eigenvalue weighted by Gasteiger charge is 2.09. The predicted molar refractivity (Wildman–Crippen MR) is 77.8 cm³/mol. The summed E-state index contributed by atoms with van der Waals surface area (Å²) in [5.41, 5.74) is 1.31. The Labute approximate surface area is 120 Å². The molecule has 0 aliphatic heterocycles. The Kier molecular flexibility index (Phi) is 5.16. The first kappa shape index (κ1) is 14.6. The standard InChI is InChI=1S/C16H22N2O2/c1-4-9-19-15-7-5-14(6-8-15)10-12(2)11-16-17-13(3)20-18-16/h5-8,12H,4,9-11H2,1-3H3. The van der Waals surface area contributed by atoms with Crippen LogP contribution in [-0.2, 0) is 12.8 Å². The van der Waals surface area contributed by atoms with Crippen molar-refractivity contribution in [2.24, 2.45) is 5.92 Å². The Morgan fingerprint density at radius 2 is 1.95 bits per heavy atom. The molecule has 1 aromatic heterocycles. The van der Waals surface area contributed by atoms with Crippen LogP contribution < -0.4 is 4.74 Å². The molecule has 0 fully saturated rings. The van der Waals surface area contributed by atoms with Crippen LogP contribution in [0.5, 0.6) is 5.75 Å². The molecule has 2 aromatic rings. The van der Waals surface area contributed by atoms with E-state index >= 15 is 0 Å². The van der Waals surface area contributed by atoms with Gasteiger partial charge in [-0.15, -0.1) is 0 Å². The molecule has 0 aliphatic rings. The van der Waals surface area contributed by atoms with Crippen LogP contribution in [0.15, 0.2) is 28.8 Å². The van der Waals surface area contributed by atoms with Gasteiger partial charge >= 0.3 is 0 Å². The number of benzene rings is 1. The fourth-order valence-corrected chi connectivity index (χ4v) is 2.15. The first-order chi connectivity index (χ1) is 9.67. The van der Waals surface area contributed by atoms with Gasteiger partial charge in [-0.1, -0.05) is 31.1 Å². The number of nitrogens with zero attached hydrogens (tertiary/aromatic N) is 2. The minimum Gasteiger partial charge on any atom is -0.494 e. The van der Waals surface area contributed by atoms with E-state index in [0.717, 1.165) is 37.4 Å². The Balaban J connectivity index is 1.85. The van der Waals surface area contributed by atoms with Gasteiger partial charge in [0.05, 0.1) is 6.61 Å². The van der Waals surface area contributed by atoms with E-state index < -0.39 is 0 Å². The third kappa shape index (κ3) is 4.37. The van der Waals surface area contributed by atoms with E-state index in [2.05, 4.69) is 36.1 Å². The number of aromatic nitrogens is 2. The molecule has 0 radical (unpaired) electrons. The zero-order valence-corrected chi connectivity index (χ0v) is 12.4. The molecule has 0 amide bonds. The van der Waals surface area contributed by atoms with Crippen molar-refractivity contribution in [2.45, 2.75) is 40.0 Å². The van der Waals surface area contributed by atoms with Crippen molar-refractivity contribution in [3.63, 3.8) is 0 Å². The van der Waals surface area contributed by atoms with Crippen molar-refractivity contribution < 1.29 is 9.26 Å². The van der Waals surface area contributed by atoms with Crippen LogP contribution in [0.1, 0.15) is 37.5 Å². The molecule has 1 atom stereocenters. The largest absolute Gasteiger partial charge is 0.494 e. The van der Waals surface area contributed by atoms with Gasteiger partial charge in [0, 0.05) is 13.3 Å². The van der Waals surface area contributed by atoms with Crippen LogP contribution in [0.25, 0.3) is 0 Å². The maximum Gasteiger partial charge on any atom is 0.223 e. The summed E-state index contributed by atoms with van der Waals surface area (Å²) in [6.07, 6.45) is 2.87. The first-order valence-electron chi connectivity index (χ1n) is 7.18. The van der Waals surface area contributed by atoms with Crippen molar-refractivity contribution >= 4 is 0 Å². The molecule has 1 heterocycles. The Hall–Kier alpha value is -1.84. The molecule has 0 saturated heterocycles. The molecule has 1 aromatic carbocycles. The third-order valence-corrected chi connectivity index (χ3v) is 3.08. The lowest BCUT2D eigenvalue weighted by atomic mass is 9.98. The third-order valence-electron chi connectivity index (χ3n) is 3.08. The summed E-state index contributed by atoms with van der Waals surface area (Å²) in [6, 6.07) is 8.33. The molecule has 1 unspecified atom stereocenters. The molecule has 4 nitrogen and oxygen atoms in total. The Morgan fingerprint density at radius 3 is 2.55 bits per heavy atom.